The van der Waals surface area contributed by atoms with Gasteiger partial charge in [0.1, 0.15) is 0 Å². The number of likely N-dealkylation sites (N-methyl/N-ethyl adjacent to an activating group) is 1. The highest BCUT2D eigenvalue weighted by Gasteiger charge is 2.03. The van der Waals surface area contributed by atoms with Crippen LogP contribution in [0.2, 0.25) is 0 Å². The van der Waals surface area contributed by atoms with Crippen molar-refractivity contribution < 1.29 is 0 Å². The highest BCUT2D eigenvalue weighted by molar-refractivity contribution is 4.97. The van der Waals surface area contributed by atoms with E-state index in [1.165, 1.54) is 5.57 Å². The molecule has 0 radical (unpaired) electrons. The first-order valence-electron chi connectivity index (χ1n) is 3.81. The summed E-state index contributed by atoms with van der Waals surface area (Å²) in [6, 6.07) is 2.19. The standard InChI is InChI=1S/C9H16N2/c1-8(2)5-6-11(4)9(3)7-10/h5,9H,6H2,1-4H3. The van der Waals surface area contributed by atoms with Crippen LogP contribution >= 0.6 is 0 Å². The summed E-state index contributed by atoms with van der Waals surface area (Å²) in [6.07, 6.45) is 2.12. The van der Waals surface area contributed by atoms with Gasteiger partial charge in [-0.3, -0.25) is 4.90 Å². The van der Waals surface area contributed by atoms with Crippen LogP contribution in [0.25, 0.3) is 0 Å². The summed E-state index contributed by atoms with van der Waals surface area (Å²) in [7, 11) is 1.95. The smallest absolute Gasteiger partial charge is 0.0949 e. The summed E-state index contributed by atoms with van der Waals surface area (Å²) in [5.74, 6) is 0. The maximum absolute atomic E-state index is 8.56. The number of hydrogen-bond donors (Lipinski definition) is 0. The van der Waals surface area contributed by atoms with Crippen LogP contribution in [0.1, 0.15) is 20.8 Å². The zero-order valence-corrected chi connectivity index (χ0v) is 7.76. The first kappa shape index (κ1) is 10.2. The largest absolute Gasteiger partial charge is 0.288 e. The van der Waals surface area contributed by atoms with E-state index in [2.05, 4.69) is 26.0 Å². The lowest BCUT2D eigenvalue weighted by atomic mass is 10.3. The molecule has 1 atom stereocenters. The summed E-state index contributed by atoms with van der Waals surface area (Å²) in [5, 5.41) is 8.56. The molecule has 62 valence electrons. The zero-order valence-electron chi connectivity index (χ0n) is 7.76. The van der Waals surface area contributed by atoms with E-state index in [1.54, 1.807) is 0 Å². The Hall–Kier alpha value is -0.810. The lowest BCUT2D eigenvalue weighted by Gasteiger charge is -2.16. The predicted molar refractivity (Wildman–Crippen MR) is 47.1 cm³/mol. The Morgan fingerprint density at radius 1 is 1.64 bits per heavy atom. The molecule has 0 aliphatic carbocycles. The maximum Gasteiger partial charge on any atom is 0.0949 e. The van der Waals surface area contributed by atoms with Gasteiger partial charge in [0.2, 0.25) is 0 Å². The van der Waals surface area contributed by atoms with Crippen LogP contribution in [-0.2, 0) is 0 Å². The second kappa shape index (κ2) is 4.92. The van der Waals surface area contributed by atoms with Crippen molar-refractivity contribution in [3.63, 3.8) is 0 Å². The number of nitrogens with zero attached hydrogens (tertiary/aromatic N) is 2. The van der Waals surface area contributed by atoms with E-state index >= 15 is 0 Å². The van der Waals surface area contributed by atoms with E-state index in [9.17, 15) is 0 Å². The fourth-order valence-electron chi connectivity index (χ4n) is 0.583. The summed E-state index contributed by atoms with van der Waals surface area (Å²) >= 11 is 0. The van der Waals surface area contributed by atoms with Crippen LogP contribution in [0.5, 0.6) is 0 Å². The monoisotopic (exact) mass is 152 g/mol. The molecule has 0 saturated carbocycles. The van der Waals surface area contributed by atoms with E-state index in [-0.39, 0.29) is 6.04 Å². The van der Waals surface area contributed by atoms with Crippen LogP contribution in [0.3, 0.4) is 0 Å². The van der Waals surface area contributed by atoms with Crippen molar-refractivity contribution in [2.45, 2.75) is 26.8 Å². The molecule has 2 nitrogen and oxygen atoms in total. The molecule has 0 aromatic rings. The summed E-state index contributed by atoms with van der Waals surface area (Å²) < 4.78 is 0. The molecular weight excluding hydrogens is 136 g/mol. The molecule has 2 heteroatoms. The van der Waals surface area contributed by atoms with Crippen molar-refractivity contribution in [2.24, 2.45) is 0 Å². The molecule has 0 fully saturated rings. The Balaban J connectivity index is 3.80. The third kappa shape index (κ3) is 4.58. The molecule has 0 bridgehead atoms. The van der Waals surface area contributed by atoms with Crippen molar-refractivity contribution in [1.29, 1.82) is 5.26 Å². The lowest BCUT2D eigenvalue weighted by Crippen LogP contribution is -2.27. The van der Waals surface area contributed by atoms with Crippen LogP contribution in [0.4, 0.5) is 0 Å². The average Bonchev–Trinajstić information content (AvgIpc) is 1.98. The van der Waals surface area contributed by atoms with Gasteiger partial charge in [-0.25, -0.2) is 0 Å². The predicted octanol–water partition coefficient (Wildman–Crippen LogP) is 1.80. The minimum Gasteiger partial charge on any atom is -0.288 e. The molecule has 0 saturated heterocycles. The molecule has 0 amide bonds. The highest BCUT2D eigenvalue weighted by atomic mass is 15.1. The van der Waals surface area contributed by atoms with Gasteiger partial charge in [-0.2, -0.15) is 5.26 Å². The summed E-state index contributed by atoms with van der Waals surface area (Å²) in [6.45, 7) is 6.88. The quantitative estimate of drug-likeness (QED) is 0.576. The van der Waals surface area contributed by atoms with Crippen molar-refractivity contribution >= 4 is 0 Å². The van der Waals surface area contributed by atoms with Gasteiger partial charge in [-0.15, -0.1) is 0 Å². The third-order valence-corrected chi connectivity index (χ3v) is 1.64. The van der Waals surface area contributed by atoms with E-state index < -0.39 is 0 Å². The number of allylic oxidation sites excluding steroid dienone is 1. The fourth-order valence-corrected chi connectivity index (χ4v) is 0.583. The van der Waals surface area contributed by atoms with Crippen molar-refractivity contribution in [1.82, 2.24) is 4.90 Å². The number of rotatable bonds is 3. The molecule has 0 heterocycles. The zero-order chi connectivity index (χ0) is 8.85. The molecule has 1 unspecified atom stereocenters. The Morgan fingerprint density at radius 3 is 2.55 bits per heavy atom. The van der Waals surface area contributed by atoms with Gasteiger partial charge in [0.25, 0.3) is 0 Å². The minimum absolute atomic E-state index is 0.00519. The van der Waals surface area contributed by atoms with Crippen molar-refractivity contribution in [3.05, 3.63) is 11.6 Å². The van der Waals surface area contributed by atoms with Gasteiger partial charge in [-0.05, 0) is 27.8 Å². The van der Waals surface area contributed by atoms with Crippen LogP contribution < -0.4 is 0 Å². The normalized spacial score (nSPS) is 12.4. The van der Waals surface area contributed by atoms with Crippen LogP contribution in [0.15, 0.2) is 11.6 Å². The molecule has 0 rings (SSSR count). The average molecular weight is 152 g/mol. The SMILES string of the molecule is CC(C)=CCN(C)C(C)C#N. The maximum atomic E-state index is 8.56. The molecule has 0 spiro atoms. The summed E-state index contributed by atoms with van der Waals surface area (Å²) in [4.78, 5) is 2.01. The van der Waals surface area contributed by atoms with E-state index in [0.717, 1.165) is 6.54 Å². The molecule has 11 heavy (non-hydrogen) atoms. The molecule has 0 aliphatic rings. The van der Waals surface area contributed by atoms with Crippen LogP contribution in [-0.4, -0.2) is 24.5 Å². The van der Waals surface area contributed by atoms with Crippen molar-refractivity contribution in [3.8, 4) is 6.07 Å². The van der Waals surface area contributed by atoms with Gasteiger partial charge in [0, 0.05) is 6.54 Å². The molecule has 0 N–H and O–H groups in total. The second-order valence-electron chi connectivity index (χ2n) is 3.03. The van der Waals surface area contributed by atoms with Gasteiger partial charge in [0.15, 0.2) is 0 Å². The first-order valence-corrected chi connectivity index (χ1v) is 3.81. The summed E-state index contributed by atoms with van der Waals surface area (Å²) in [5.41, 5.74) is 1.29. The Morgan fingerprint density at radius 2 is 2.18 bits per heavy atom. The molecule has 0 aromatic carbocycles. The van der Waals surface area contributed by atoms with Gasteiger partial charge in [-0.1, -0.05) is 11.6 Å². The van der Waals surface area contributed by atoms with E-state index in [1.807, 2.05) is 18.9 Å². The van der Waals surface area contributed by atoms with Gasteiger partial charge in [0.05, 0.1) is 12.1 Å². The molecule has 0 aliphatic heterocycles. The number of nitriles is 1. The highest BCUT2D eigenvalue weighted by Crippen LogP contribution is 1.95. The Bertz CT molecular complexity index is 172. The Kier molecular flexibility index (Phi) is 4.56. The van der Waals surface area contributed by atoms with Gasteiger partial charge >= 0.3 is 0 Å². The van der Waals surface area contributed by atoms with Crippen LogP contribution in [0, 0.1) is 11.3 Å². The molecule has 0 aromatic heterocycles. The lowest BCUT2D eigenvalue weighted by molar-refractivity contribution is 0.335. The van der Waals surface area contributed by atoms with E-state index in [0.29, 0.717) is 0 Å². The third-order valence-electron chi connectivity index (χ3n) is 1.64. The van der Waals surface area contributed by atoms with Gasteiger partial charge < -0.3 is 0 Å². The Labute approximate surface area is 69.1 Å². The topological polar surface area (TPSA) is 27.0 Å². The molecular formula is C9H16N2. The second-order valence-corrected chi connectivity index (χ2v) is 3.03. The number of hydrogen-bond acceptors (Lipinski definition) is 2. The van der Waals surface area contributed by atoms with Crippen molar-refractivity contribution in [2.75, 3.05) is 13.6 Å². The fraction of sp³-hybridized carbons (Fsp3) is 0.667. The minimum atomic E-state index is 0.00519. The van der Waals surface area contributed by atoms with E-state index in [4.69, 9.17) is 5.26 Å². The first-order chi connectivity index (χ1) is 5.07.